The predicted molar refractivity (Wildman–Crippen MR) is 147 cm³/mol. The van der Waals surface area contributed by atoms with Crippen LogP contribution < -0.4 is 5.32 Å². The molecule has 4 rings (SSSR count). The summed E-state index contributed by atoms with van der Waals surface area (Å²) in [5.41, 5.74) is -3.81. The van der Waals surface area contributed by atoms with E-state index in [1.807, 2.05) is 0 Å². The molecule has 0 heterocycles. The normalized spacial score (nSPS) is 12.8. The molecule has 4 aromatic carbocycles. The largest absolute Gasteiger partial charge is 0.507 e. The molecule has 0 fully saturated rings. The van der Waals surface area contributed by atoms with E-state index in [-0.39, 0.29) is 33.9 Å². The van der Waals surface area contributed by atoms with Crippen LogP contribution in [0.25, 0.3) is 22.3 Å². The fraction of sp³-hybridized carbons (Fsp3) is 0.188. The molecule has 0 aromatic heterocycles. The number of phenols is 1. The number of alkyl halides is 9. The molecule has 0 spiro atoms. The number of benzene rings is 4. The van der Waals surface area contributed by atoms with Gasteiger partial charge in [-0.05, 0) is 70.3 Å². The number of carbonyl (C=O) groups is 2. The minimum atomic E-state index is -5.05. The molecule has 46 heavy (non-hydrogen) atoms. The van der Waals surface area contributed by atoms with E-state index >= 15 is 0 Å². The van der Waals surface area contributed by atoms with Crippen molar-refractivity contribution >= 4 is 11.9 Å². The van der Waals surface area contributed by atoms with Crippen molar-refractivity contribution in [2.75, 3.05) is 7.11 Å². The minimum Gasteiger partial charge on any atom is -0.507 e. The van der Waals surface area contributed by atoms with Crippen LogP contribution in [0.3, 0.4) is 0 Å². The quantitative estimate of drug-likeness (QED) is 0.154. The van der Waals surface area contributed by atoms with Gasteiger partial charge in [-0.1, -0.05) is 42.5 Å². The molecule has 0 aliphatic carbocycles. The summed E-state index contributed by atoms with van der Waals surface area (Å²) in [5, 5.41) is 12.9. The zero-order valence-electron chi connectivity index (χ0n) is 23.4. The van der Waals surface area contributed by atoms with E-state index in [0.29, 0.717) is 17.7 Å². The molecule has 0 saturated carbocycles. The van der Waals surface area contributed by atoms with Gasteiger partial charge in [0.15, 0.2) is 0 Å². The van der Waals surface area contributed by atoms with Crippen molar-refractivity contribution in [3.8, 4) is 28.0 Å². The molecule has 5 nitrogen and oxygen atoms in total. The van der Waals surface area contributed by atoms with Gasteiger partial charge in [-0.25, -0.2) is 0 Å². The maximum atomic E-state index is 13.3. The number of methoxy groups -OCH3 is 1. The Hall–Kier alpha value is -5.01. The third-order valence-electron chi connectivity index (χ3n) is 6.92. The summed E-state index contributed by atoms with van der Waals surface area (Å²) in [5.74, 6) is -2.19. The van der Waals surface area contributed by atoms with Gasteiger partial charge < -0.3 is 15.2 Å². The molecule has 1 amide bonds. The molecule has 14 heteroatoms. The standard InChI is InChI=1S/C32H22F9NO4/c1-46-28(44)16-26(19-4-2-18(3-5-19)21-12-23(31(36,37)38)15-24(13-21)32(39,40)41)42-29(45)25-14-20(8-11-27(25)43)17-6-9-22(10-7-17)30(33,34)35/h2-15,26,43H,16H2,1H3,(H,42,45). The number of ether oxygens (including phenoxy) is 1. The molecule has 0 aliphatic rings. The number of aromatic hydroxyl groups is 1. The highest BCUT2D eigenvalue weighted by Crippen LogP contribution is 2.39. The monoisotopic (exact) mass is 655 g/mol. The van der Waals surface area contributed by atoms with Crippen molar-refractivity contribution in [1.29, 1.82) is 0 Å². The summed E-state index contributed by atoms with van der Waals surface area (Å²) in [4.78, 5) is 25.4. The van der Waals surface area contributed by atoms with Crippen molar-refractivity contribution in [3.63, 3.8) is 0 Å². The van der Waals surface area contributed by atoms with Crippen molar-refractivity contribution in [2.24, 2.45) is 0 Å². The molecular formula is C32H22F9NO4. The zero-order valence-corrected chi connectivity index (χ0v) is 23.4. The van der Waals surface area contributed by atoms with E-state index in [2.05, 4.69) is 10.1 Å². The molecular weight excluding hydrogens is 633 g/mol. The number of rotatable bonds is 7. The molecule has 0 radical (unpaired) electrons. The molecule has 0 aliphatic heterocycles. The van der Waals surface area contributed by atoms with Crippen LogP contribution >= 0.6 is 0 Å². The molecule has 242 valence electrons. The van der Waals surface area contributed by atoms with Gasteiger partial charge in [0.05, 0.1) is 41.8 Å². The second-order valence-electron chi connectivity index (χ2n) is 10.0. The van der Waals surface area contributed by atoms with E-state index in [0.717, 1.165) is 25.3 Å². The van der Waals surface area contributed by atoms with Crippen molar-refractivity contribution < 1.29 is 58.9 Å². The van der Waals surface area contributed by atoms with Crippen molar-refractivity contribution in [1.82, 2.24) is 5.32 Å². The number of esters is 1. The molecule has 1 atom stereocenters. The van der Waals surface area contributed by atoms with Crippen LogP contribution in [0.1, 0.15) is 45.1 Å². The number of hydrogen-bond donors (Lipinski definition) is 2. The Morgan fingerprint density at radius 2 is 1.13 bits per heavy atom. The number of phenolic OH excluding ortho intramolecular Hbond substituents is 1. The lowest BCUT2D eigenvalue weighted by atomic mass is 9.96. The first kappa shape index (κ1) is 33.9. The summed E-state index contributed by atoms with van der Waals surface area (Å²) in [6.07, 6.45) is -15.1. The number of amides is 1. The average molecular weight is 656 g/mol. The third kappa shape index (κ3) is 7.98. The highest BCUT2D eigenvalue weighted by Gasteiger charge is 2.37. The first-order valence-corrected chi connectivity index (χ1v) is 13.1. The SMILES string of the molecule is COC(=O)CC(NC(=O)c1cc(-c2ccc(C(F)(F)F)cc2)ccc1O)c1ccc(-c2cc(C(F)(F)F)cc(C(F)(F)F)c2)cc1. The molecule has 2 N–H and O–H groups in total. The lowest BCUT2D eigenvalue weighted by Crippen LogP contribution is -2.30. The van der Waals surface area contributed by atoms with E-state index < -0.39 is 65.3 Å². The van der Waals surface area contributed by atoms with Gasteiger partial charge >= 0.3 is 24.5 Å². The summed E-state index contributed by atoms with van der Waals surface area (Å²) >= 11 is 0. The van der Waals surface area contributed by atoms with Crippen LogP contribution in [0, 0.1) is 0 Å². The maximum absolute atomic E-state index is 13.3. The van der Waals surface area contributed by atoms with Gasteiger partial charge in [0.1, 0.15) is 5.75 Å². The fourth-order valence-corrected chi connectivity index (χ4v) is 4.52. The van der Waals surface area contributed by atoms with Gasteiger partial charge in [0.2, 0.25) is 0 Å². The zero-order chi connectivity index (χ0) is 34.0. The first-order valence-electron chi connectivity index (χ1n) is 13.1. The molecule has 1 unspecified atom stereocenters. The summed E-state index contributed by atoms with van der Waals surface area (Å²) in [7, 11) is 1.08. The van der Waals surface area contributed by atoms with E-state index in [9.17, 15) is 54.2 Å². The van der Waals surface area contributed by atoms with E-state index in [1.54, 1.807) is 0 Å². The van der Waals surface area contributed by atoms with Gasteiger partial charge in [-0.3, -0.25) is 9.59 Å². The van der Waals surface area contributed by atoms with Crippen LogP contribution in [0.5, 0.6) is 5.75 Å². The lowest BCUT2D eigenvalue weighted by molar-refractivity contribution is -0.143. The Balaban J connectivity index is 1.64. The third-order valence-corrected chi connectivity index (χ3v) is 6.92. The molecule has 0 saturated heterocycles. The molecule has 0 bridgehead atoms. The average Bonchev–Trinajstić information content (AvgIpc) is 2.99. The number of nitrogens with one attached hydrogen (secondary N) is 1. The Labute approximate surface area is 255 Å². The maximum Gasteiger partial charge on any atom is 0.416 e. The lowest BCUT2D eigenvalue weighted by Gasteiger charge is -2.20. The van der Waals surface area contributed by atoms with E-state index in [4.69, 9.17) is 0 Å². The van der Waals surface area contributed by atoms with Crippen LogP contribution in [-0.4, -0.2) is 24.1 Å². The van der Waals surface area contributed by atoms with Gasteiger partial charge in [-0.15, -0.1) is 0 Å². The predicted octanol–water partition coefficient (Wildman–Crippen LogP) is 8.82. The topological polar surface area (TPSA) is 75.6 Å². The van der Waals surface area contributed by atoms with Crippen molar-refractivity contribution in [3.05, 3.63) is 113 Å². The summed E-state index contributed by atoms with van der Waals surface area (Å²) in [6, 6.07) is 12.8. The van der Waals surface area contributed by atoms with Crippen LogP contribution in [0.2, 0.25) is 0 Å². The Bertz CT molecular complexity index is 1700. The second kappa shape index (κ2) is 12.8. The van der Waals surface area contributed by atoms with Gasteiger partial charge in [0.25, 0.3) is 5.91 Å². The smallest absolute Gasteiger partial charge is 0.416 e. The second-order valence-corrected chi connectivity index (χ2v) is 10.0. The van der Waals surface area contributed by atoms with Crippen molar-refractivity contribution in [2.45, 2.75) is 31.0 Å². The first-order chi connectivity index (χ1) is 21.4. The van der Waals surface area contributed by atoms with Gasteiger partial charge in [0, 0.05) is 0 Å². The fourth-order valence-electron chi connectivity index (χ4n) is 4.52. The molecule has 4 aromatic rings. The Morgan fingerprint density at radius 3 is 1.63 bits per heavy atom. The minimum absolute atomic E-state index is 0.00175. The Morgan fingerprint density at radius 1 is 0.652 bits per heavy atom. The van der Waals surface area contributed by atoms with E-state index in [1.165, 1.54) is 48.5 Å². The number of carbonyl (C=O) groups excluding carboxylic acids is 2. The van der Waals surface area contributed by atoms with Gasteiger partial charge in [-0.2, -0.15) is 39.5 Å². The Kier molecular flexibility index (Phi) is 9.41. The van der Waals surface area contributed by atoms with Crippen LogP contribution in [0.4, 0.5) is 39.5 Å². The number of halogens is 9. The highest BCUT2D eigenvalue weighted by molar-refractivity contribution is 5.98. The summed E-state index contributed by atoms with van der Waals surface area (Å²) < 4.78 is 124. The summed E-state index contributed by atoms with van der Waals surface area (Å²) in [6.45, 7) is 0. The van der Waals surface area contributed by atoms with Crippen LogP contribution in [-0.2, 0) is 28.1 Å². The number of hydrogen-bond acceptors (Lipinski definition) is 4. The van der Waals surface area contributed by atoms with Crippen LogP contribution in [0.15, 0.2) is 84.9 Å². The highest BCUT2D eigenvalue weighted by atomic mass is 19.4.